The van der Waals surface area contributed by atoms with Crippen molar-refractivity contribution in [1.82, 2.24) is 10.6 Å². The van der Waals surface area contributed by atoms with Gasteiger partial charge < -0.3 is 10.6 Å². The first kappa shape index (κ1) is 71.9. The zero-order valence-corrected chi connectivity index (χ0v) is 37.5. The van der Waals surface area contributed by atoms with Crippen LogP contribution in [-0.2, 0) is 327 Å². The molecule has 0 atom stereocenters. The van der Waals surface area contributed by atoms with E-state index in [0.717, 1.165) is 0 Å². The summed E-state index contributed by atoms with van der Waals surface area (Å²) in [5.41, 5.74) is 0. The Morgan fingerprint density at radius 3 is 0.688 bits per heavy atom. The van der Waals surface area contributed by atoms with E-state index < -0.39 is 0 Å². The molecular formula is C3H6N2OY10-2. The summed E-state index contributed by atoms with van der Waals surface area (Å²) in [6, 6.07) is -0.380. The summed E-state index contributed by atoms with van der Waals surface area (Å²) >= 11 is 0. The van der Waals surface area contributed by atoms with Crippen molar-refractivity contribution in [3.8, 4) is 0 Å². The number of amides is 2. The van der Waals surface area contributed by atoms with Crippen LogP contribution in [0.2, 0.25) is 0 Å². The molecule has 0 aromatic carbocycles. The van der Waals surface area contributed by atoms with Crippen molar-refractivity contribution < 1.29 is 332 Å². The SMILES string of the molecule is [CH2-]NC(=O)N[CH2-].[Y].[Y].[Y].[Y].[Y].[Y].[Y].[Y].[Y].[Y]. The Hall–Kier alpha value is 10.3. The first-order valence-electron chi connectivity index (χ1n) is 1.41. The van der Waals surface area contributed by atoms with Gasteiger partial charge in [0.05, 0.1) is 0 Å². The normalized spacial score (nSPS) is 2.62. The van der Waals surface area contributed by atoms with Gasteiger partial charge in [0.25, 0.3) is 6.03 Å². The largest absolute Gasteiger partial charge is 0.492 e. The fraction of sp³-hybridized carbons (Fsp3) is 0. The maximum Gasteiger partial charge on any atom is 0.255 e. The molecule has 16 heavy (non-hydrogen) atoms. The van der Waals surface area contributed by atoms with E-state index in [9.17, 15) is 4.79 Å². The molecule has 0 saturated heterocycles. The van der Waals surface area contributed by atoms with Crippen molar-refractivity contribution in [2.75, 3.05) is 0 Å². The summed E-state index contributed by atoms with van der Waals surface area (Å²) in [4.78, 5) is 9.83. The van der Waals surface area contributed by atoms with Crippen LogP contribution in [0.25, 0.3) is 0 Å². The molecule has 0 rings (SSSR count). The first-order valence-corrected chi connectivity index (χ1v) is 1.41. The molecule has 0 aliphatic rings. The van der Waals surface area contributed by atoms with Gasteiger partial charge in [0.2, 0.25) is 0 Å². The molecule has 0 bridgehead atoms. The monoisotopic (exact) mass is 975 g/mol. The molecule has 66 valence electrons. The second kappa shape index (κ2) is 63.8. The van der Waals surface area contributed by atoms with Crippen LogP contribution in [0.3, 0.4) is 0 Å². The predicted octanol–water partition coefficient (Wildman–Crippen LogP) is -0.156. The average Bonchev–Trinajstić information content (AvgIpc) is 1.65. The zero-order valence-electron chi connectivity index (χ0n) is 9.10. The van der Waals surface area contributed by atoms with Gasteiger partial charge in [0, 0.05) is 327 Å². The minimum atomic E-state index is -0.380. The molecule has 0 saturated carbocycles. The Morgan fingerprint density at radius 1 is 0.562 bits per heavy atom. The van der Waals surface area contributed by atoms with Crippen molar-refractivity contribution in [2.45, 2.75) is 0 Å². The van der Waals surface area contributed by atoms with Crippen molar-refractivity contribution in [3.63, 3.8) is 0 Å². The van der Waals surface area contributed by atoms with Gasteiger partial charge >= 0.3 is 0 Å². The summed E-state index contributed by atoms with van der Waals surface area (Å²) in [5.74, 6) is 0. The molecule has 0 spiro atoms. The molecule has 0 aromatic heterocycles. The number of hydrogen-bond donors (Lipinski definition) is 2. The Balaban J connectivity index is -0.00000000278. The van der Waals surface area contributed by atoms with Crippen LogP contribution in [0.15, 0.2) is 0 Å². The number of nitrogens with one attached hydrogen (secondary N) is 2. The van der Waals surface area contributed by atoms with Crippen LogP contribution < -0.4 is 10.6 Å². The molecule has 2 amide bonds. The summed E-state index contributed by atoms with van der Waals surface area (Å²) < 4.78 is 0. The minimum absolute atomic E-state index is 0. The third-order valence-corrected chi connectivity index (χ3v) is 0.321. The molecule has 2 N–H and O–H groups in total. The van der Waals surface area contributed by atoms with Gasteiger partial charge in [-0.15, -0.1) is 0 Å². The summed E-state index contributed by atoms with van der Waals surface area (Å²) in [7, 11) is 6.11. The van der Waals surface area contributed by atoms with Gasteiger partial charge in [-0.2, -0.15) is 0 Å². The maximum absolute atomic E-state index is 9.83. The number of urea groups is 1. The van der Waals surface area contributed by atoms with Gasteiger partial charge in [-0.1, -0.05) is 0 Å². The van der Waals surface area contributed by atoms with Crippen molar-refractivity contribution >= 4 is 6.03 Å². The summed E-state index contributed by atoms with van der Waals surface area (Å²) in [5, 5.41) is 4.10. The smallest absolute Gasteiger partial charge is 0.255 e. The molecular weight excluding hydrogens is 969 g/mol. The van der Waals surface area contributed by atoms with Crippen LogP contribution >= 0.6 is 0 Å². The third-order valence-electron chi connectivity index (χ3n) is 0.321. The van der Waals surface area contributed by atoms with Crippen molar-refractivity contribution in [2.24, 2.45) is 0 Å². The van der Waals surface area contributed by atoms with E-state index >= 15 is 0 Å². The molecule has 13 heteroatoms. The minimum Gasteiger partial charge on any atom is -0.492 e. The van der Waals surface area contributed by atoms with Crippen LogP contribution in [0.5, 0.6) is 0 Å². The van der Waals surface area contributed by atoms with Gasteiger partial charge in [-0.3, -0.25) is 18.9 Å². The third kappa shape index (κ3) is 64.5. The zero-order chi connectivity index (χ0) is 4.99. The van der Waals surface area contributed by atoms with E-state index in [2.05, 4.69) is 24.7 Å². The second-order valence-corrected chi connectivity index (χ2v) is 0.683. The van der Waals surface area contributed by atoms with Crippen LogP contribution in [0, 0.1) is 14.1 Å². The van der Waals surface area contributed by atoms with Crippen LogP contribution in [-0.4, -0.2) is 6.03 Å². The quantitative estimate of drug-likeness (QED) is 0.327. The first-order chi connectivity index (χ1) is 2.81. The van der Waals surface area contributed by atoms with E-state index in [1.165, 1.54) is 0 Å². The molecule has 10 radical (unpaired) electrons. The van der Waals surface area contributed by atoms with Crippen molar-refractivity contribution in [3.05, 3.63) is 14.1 Å². The molecule has 0 unspecified atom stereocenters. The Morgan fingerprint density at radius 2 is 0.688 bits per heavy atom. The Bertz CT molecular complexity index is 62.0. The van der Waals surface area contributed by atoms with E-state index in [1.807, 2.05) is 0 Å². The fourth-order valence-corrected chi connectivity index (χ4v) is 0.0625. The van der Waals surface area contributed by atoms with E-state index in [4.69, 9.17) is 0 Å². The number of rotatable bonds is 0. The number of hydrogen-bond acceptors (Lipinski definition) is 1. The number of carbonyl (C=O) groups is 1. The van der Waals surface area contributed by atoms with Gasteiger partial charge in [0.1, 0.15) is 0 Å². The molecule has 0 aliphatic heterocycles. The second-order valence-electron chi connectivity index (χ2n) is 0.683. The standard InChI is InChI=1S/C3H6N2O.10Y/c1-4-3(6)5-2;;;;;;;;;;/h1-2H2,(H2,4,5,6);;;;;;;;;;/q-2;;;;;;;;;;. The van der Waals surface area contributed by atoms with Crippen LogP contribution in [0.4, 0.5) is 4.79 Å². The average molecular weight is 975 g/mol. The van der Waals surface area contributed by atoms with Crippen molar-refractivity contribution in [1.29, 1.82) is 0 Å². The molecule has 0 aromatic rings. The topological polar surface area (TPSA) is 41.1 Å². The van der Waals surface area contributed by atoms with Gasteiger partial charge in [-0.25, -0.2) is 0 Å². The molecule has 0 fully saturated rings. The Kier molecular flexibility index (Phi) is 287. The Labute approximate surface area is 351 Å². The van der Waals surface area contributed by atoms with Gasteiger partial charge in [0.15, 0.2) is 0 Å². The van der Waals surface area contributed by atoms with Crippen LogP contribution in [0.1, 0.15) is 0 Å². The van der Waals surface area contributed by atoms with E-state index in [-0.39, 0.29) is 333 Å². The summed E-state index contributed by atoms with van der Waals surface area (Å²) in [6.07, 6.45) is 0. The van der Waals surface area contributed by atoms with E-state index in [1.54, 1.807) is 0 Å². The fourth-order valence-electron chi connectivity index (χ4n) is 0.0625. The predicted molar refractivity (Wildman–Crippen MR) is 22.4 cm³/mol. The van der Waals surface area contributed by atoms with Gasteiger partial charge in [-0.05, 0) is 0 Å². The number of carbonyl (C=O) groups excluding carboxylic acids is 1. The van der Waals surface area contributed by atoms with E-state index in [0.29, 0.717) is 0 Å². The molecule has 0 heterocycles. The molecule has 3 nitrogen and oxygen atoms in total. The maximum atomic E-state index is 9.83. The molecule has 0 aliphatic carbocycles. The summed E-state index contributed by atoms with van der Waals surface area (Å²) in [6.45, 7) is 0.